The van der Waals surface area contributed by atoms with Crippen LogP contribution in [0, 0.1) is 0 Å². The van der Waals surface area contributed by atoms with Gasteiger partial charge in [0.25, 0.3) is 0 Å². The Morgan fingerprint density at radius 1 is 0.381 bits per heavy atom. The Kier molecular flexibility index (Phi) is 9.57. The molecule has 4 rings (SSSR count). The Balaban J connectivity index is 0.000000252. The number of hydrogen-bond acceptors (Lipinski definition) is 0. The second-order valence-electron chi connectivity index (χ2n) is 17.7. The van der Waals surface area contributed by atoms with Gasteiger partial charge in [0.2, 0.25) is 0 Å². The fraction of sp³-hybridized carbons (Fsp3) is 0.500. The van der Waals surface area contributed by atoms with Crippen LogP contribution in [0.4, 0.5) is 0 Å². The quantitative estimate of drug-likeness (QED) is 0.163. The monoisotopic (exact) mass is 582 g/mol. The first kappa shape index (κ1) is 34.3. The minimum atomic E-state index is -0.583. The van der Waals surface area contributed by atoms with Crippen LogP contribution in [0.2, 0.25) is 21.3 Å². The molecule has 0 amide bonds. The molecule has 0 aliphatic rings. The largest absolute Gasteiger partial charge is 0.169 e. The fourth-order valence-corrected chi connectivity index (χ4v) is 14.1. The Morgan fingerprint density at radius 2 is 0.667 bits per heavy atom. The summed E-state index contributed by atoms with van der Waals surface area (Å²) < 4.78 is 0.147. The molecule has 4 aromatic rings. The molecular weight excluding hydrogens is 523 g/mol. The van der Waals surface area contributed by atoms with E-state index in [9.17, 15) is 0 Å². The summed E-state index contributed by atoms with van der Waals surface area (Å²) in [4.78, 5) is 2.89. The normalized spacial score (nSPS) is 13.8. The van der Waals surface area contributed by atoms with E-state index in [-0.39, 0.29) is 15.6 Å². The molecule has 228 valence electrons. The molecule has 4 aromatic carbocycles. The molecule has 0 aliphatic heterocycles. The van der Waals surface area contributed by atoms with Crippen LogP contribution in [0.1, 0.15) is 104 Å². The maximum atomic E-state index is 2.44. The summed E-state index contributed by atoms with van der Waals surface area (Å²) in [5.41, 5.74) is 0. The predicted molar refractivity (Wildman–Crippen MR) is 196 cm³/mol. The van der Waals surface area contributed by atoms with Crippen molar-refractivity contribution in [3.8, 4) is 0 Å². The number of hydrogen-bond donors (Lipinski definition) is 0. The molecule has 0 unspecified atom stereocenters. The second-order valence-corrected chi connectivity index (χ2v) is 20.4. The smallest absolute Gasteiger partial charge is 0.162 e. The van der Waals surface area contributed by atoms with Gasteiger partial charge in [-0.05, 0) is 55.8 Å². The standard InChI is InChI=1S/C24H23S.C16H36B/c1-24(2,3)25(22-16-8-12-18-10-4-6-14-20(18)22)23-17-9-13-19-11-5-7-15-21(19)23;1-13(2,3)17(14(4,5)6,15(7,8)9)16(10,11)12/h4-17H,1-3H3;1-12H3/q+1;-1. The Hall–Kier alpha value is -2.19. The number of benzene rings is 4. The maximum absolute atomic E-state index is 2.44. The lowest BCUT2D eigenvalue weighted by Gasteiger charge is -2.74. The van der Waals surface area contributed by atoms with E-state index in [4.69, 9.17) is 0 Å². The van der Waals surface area contributed by atoms with Gasteiger partial charge in [0.15, 0.2) is 9.79 Å². The van der Waals surface area contributed by atoms with Crippen molar-refractivity contribution < 1.29 is 0 Å². The summed E-state index contributed by atoms with van der Waals surface area (Å²) in [6.45, 7) is 36.4. The molecule has 0 heterocycles. The molecule has 0 radical (unpaired) electrons. The summed E-state index contributed by atoms with van der Waals surface area (Å²) in [6, 6.07) is 31.0. The summed E-state index contributed by atoms with van der Waals surface area (Å²) in [5, 5.41) is 6.70. The van der Waals surface area contributed by atoms with E-state index in [2.05, 4.69) is 189 Å². The molecule has 0 fully saturated rings. The van der Waals surface area contributed by atoms with Crippen molar-refractivity contribution in [3.05, 3.63) is 84.9 Å². The zero-order valence-corrected chi connectivity index (χ0v) is 30.4. The van der Waals surface area contributed by atoms with Crippen molar-refractivity contribution in [1.29, 1.82) is 0 Å². The van der Waals surface area contributed by atoms with E-state index in [0.717, 1.165) is 0 Å². The highest BCUT2D eigenvalue weighted by Gasteiger charge is 2.56. The van der Waals surface area contributed by atoms with Crippen LogP contribution in [0.3, 0.4) is 0 Å². The molecule has 0 aliphatic carbocycles. The van der Waals surface area contributed by atoms with E-state index in [1.54, 1.807) is 0 Å². The summed E-state index contributed by atoms with van der Waals surface area (Å²) in [6.07, 6.45) is -0.583. The summed E-state index contributed by atoms with van der Waals surface area (Å²) in [7, 11) is -0.0177. The molecule has 0 nitrogen and oxygen atoms in total. The van der Waals surface area contributed by atoms with Gasteiger partial charge in [0.05, 0.1) is 10.9 Å². The maximum Gasteiger partial charge on any atom is 0.169 e. The highest BCUT2D eigenvalue weighted by Crippen LogP contribution is 2.70. The first-order valence-corrected chi connectivity index (χ1v) is 17.1. The first-order valence-electron chi connectivity index (χ1n) is 15.9. The van der Waals surface area contributed by atoms with E-state index >= 15 is 0 Å². The van der Waals surface area contributed by atoms with E-state index in [0.29, 0.717) is 21.3 Å². The van der Waals surface area contributed by atoms with Crippen LogP contribution in [-0.4, -0.2) is 10.9 Å². The fourth-order valence-electron chi connectivity index (χ4n) is 11.3. The molecule has 0 aromatic heterocycles. The molecule has 0 saturated heterocycles. The second kappa shape index (κ2) is 11.7. The first-order chi connectivity index (χ1) is 19.1. The van der Waals surface area contributed by atoms with Gasteiger partial charge in [-0.1, -0.05) is 144 Å². The minimum Gasteiger partial charge on any atom is -0.162 e. The van der Waals surface area contributed by atoms with Crippen LogP contribution < -0.4 is 0 Å². The van der Waals surface area contributed by atoms with Gasteiger partial charge in [-0.15, -0.1) is 0 Å². The topological polar surface area (TPSA) is 0 Å². The highest BCUT2D eigenvalue weighted by molar-refractivity contribution is 7.98. The lowest BCUT2D eigenvalue weighted by molar-refractivity contribution is 0.467. The van der Waals surface area contributed by atoms with Gasteiger partial charge in [-0.25, -0.2) is 0 Å². The molecule has 42 heavy (non-hydrogen) atoms. The van der Waals surface area contributed by atoms with Crippen LogP contribution in [0.25, 0.3) is 21.5 Å². The van der Waals surface area contributed by atoms with Gasteiger partial charge >= 0.3 is 0 Å². The average Bonchev–Trinajstić information content (AvgIpc) is 2.80. The third kappa shape index (κ3) is 6.35. The van der Waals surface area contributed by atoms with Gasteiger partial charge in [0.1, 0.15) is 4.75 Å². The van der Waals surface area contributed by atoms with Crippen molar-refractivity contribution in [2.24, 2.45) is 0 Å². The van der Waals surface area contributed by atoms with E-state index < -0.39 is 6.15 Å². The molecule has 0 atom stereocenters. The molecule has 2 heteroatoms. The molecule has 0 spiro atoms. The van der Waals surface area contributed by atoms with Crippen LogP contribution in [0.15, 0.2) is 94.7 Å². The zero-order chi connectivity index (χ0) is 31.9. The number of rotatable bonds is 2. The molecular formula is C40H59BS. The molecule has 0 saturated carbocycles. The van der Waals surface area contributed by atoms with Crippen LogP contribution in [-0.2, 0) is 10.9 Å². The van der Waals surface area contributed by atoms with Crippen LogP contribution in [0.5, 0.6) is 0 Å². The van der Waals surface area contributed by atoms with Crippen LogP contribution >= 0.6 is 0 Å². The Bertz CT molecular complexity index is 1340. The molecule has 0 bridgehead atoms. The van der Waals surface area contributed by atoms with Gasteiger partial charge < -0.3 is 0 Å². The summed E-state index contributed by atoms with van der Waals surface area (Å²) >= 11 is 0. The predicted octanol–water partition coefficient (Wildman–Crippen LogP) is 13.5. The third-order valence-corrected chi connectivity index (χ3v) is 12.6. The lowest BCUT2D eigenvalue weighted by Crippen LogP contribution is -2.63. The van der Waals surface area contributed by atoms with E-state index in [1.807, 2.05) is 0 Å². The van der Waals surface area contributed by atoms with Crippen molar-refractivity contribution in [3.63, 3.8) is 0 Å². The third-order valence-electron chi connectivity index (χ3n) is 9.75. The Morgan fingerprint density at radius 3 is 0.929 bits per heavy atom. The van der Waals surface area contributed by atoms with Gasteiger partial charge in [0, 0.05) is 16.9 Å². The molecule has 0 N–H and O–H groups in total. The van der Waals surface area contributed by atoms with E-state index in [1.165, 1.54) is 31.3 Å². The van der Waals surface area contributed by atoms with Crippen molar-refractivity contribution in [2.45, 2.75) is 140 Å². The Labute approximate surface area is 262 Å². The lowest BCUT2D eigenvalue weighted by atomic mass is 8.92. The SMILES string of the molecule is CC(C)(C)[B-](C(C)(C)C)(C(C)(C)C)C(C)(C)C.CC(C)(C)[S+](c1cccc2ccccc12)c1cccc2ccccc12. The average molecular weight is 583 g/mol. The van der Waals surface area contributed by atoms with Gasteiger partial charge in [-0.3, -0.25) is 0 Å². The summed E-state index contributed by atoms with van der Waals surface area (Å²) in [5.74, 6) is 0. The number of fused-ring (bicyclic) bond motifs is 2. The highest BCUT2D eigenvalue weighted by atomic mass is 32.2. The van der Waals surface area contributed by atoms with Crippen molar-refractivity contribution >= 4 is 38.6 Å². The van der Waals surface area contributed by atoms with Crippen molar-refractivity contribution in [1.82, 2.24) is 0 Å². The van der Waals surface area contributed by atoms with Gasteiger partial charge in [-0.2, -0.15) is 21.3 Å². The zero-order valence-electron chi connectivity index (χ0n) is 29.6. The minimum absolute atomic E-state index is 0.0177. The van der Waals surface area contributed by atoms with Crippen molar-refractivity contribution in [2.75, 3.05) is 0 Å².